The number of aryl methyl sites for hydroxylation is 2. The zero-order valence-corrected chi connectivity index (χ0v) is 20.2. The molecule has 180 valence electrons. The van der Waals surface area contributed by atoms with Crippen LogP contribution in [0.4, 0.5) is 26.5 Å². The van der Waals surface area contributed by atoms with E-state index in [1.807, 2.05) is 26.8 Å². The summed E-state index contributed by atoms with van der Waals surface area (Å²) in [5.41, 5.74) is 7.09. The van der Waals surface area contributed by atoms with Crippen LogP contribution in [0.5, 0.6) is 0 Å². The molecule has 9 nitrogen and oxygen atoms in total. The average molecular weight is 461 g/mol. The Morgan fingerprint density at radius 1 is 1.21 bits per heavy atom. The summed E-state index contributed by atoms with van der Waals surface area (Å²) in [6.07, 6.45) is 1.57. The number of pyridine rings is 2. The van der Waals surface area contributed by atoms with Crippen LogP contribution in [0.15, 0.2) is 18.3 Å². The molecule has 0 spiro atoms. The number of nitrogens with zero attached hydrogens (tertiary/aromatic N) is 2. The quantitative estimate of drug-likeness (QED) is 0.465. The number of halogens is 1. The third kappa shape index (κ3) is 7.30. The Kier molecular flexibility index (Phi) is 8.18. The SMILES string of the molecule is CC[C@@H](Nc1nc(Nc2cnc(C)c(C)c2)c(C(N)=O)cc1F)[C@H](C)NC(=O)OC(C)(C)C. The summed E-state index contributed by atoms with van der Waals surface area (Å²) in [7, 11) is 0. The summed E-state index contributed by atoms with van der Waals surface area (Å²) in [6.45, 7) is 12.8. The van der Waals surface area contributed by atoms with E-state index in [0.29, 0.717) is 12.1 Å². The molecule has 2 atom stereocenters. The zero-order valence-electron chi connectivity index (χ0n) is 20.2. The second-order valence-corrected chi connectivity index (χ2v) is 8.92. The van der Waals surface area contributed by atoms with E-state index in [0.717, 1.165) is 17.3 Å². The molecule has 0 bridgehead atoms. The van der Waals surface area contributed by atoms with Gasteiger partial charge in [0.25, 0.3) is 5.91 Å². The van der Waals surface area contributed by atoms with E-state index in [4.69, 9.17) is 10.5 Å². The molecule has 0 saturated heterocycles. The number of anilines is 3. The predicted octanol–water partition coefficient (Wildman–Crippen LogP) is 4.18. The molecule has 0 aromatic carbocycles. The predicted molar refractivity (Wildman–Crippen MR) is 126 cm³/mol. The third-order valence-corrected chi connectivity index (χ3v) is 4.95. The second kappa shape index (κ2) is 10.5. The summed E-state index contributed by atoms with van der Waals surface area (Å²) >= 11 is 0. The van der Waals surface area contributed by atoms with Crippen molar-refractivity contribution in [3.63, 3.8) is 0 Å². The van der Waals surface area contributed by atoms with Gasteiger partial charge in [0.05, 0.1) is 17.4 Å². The number of hydrogen-bond donors (Lipinski definition) is 4. The molecule has 0 aliphatic rings. The lowest BCUT2D eigenvalue weighted by Crippen LogP contribution is -2.46. The van der Waals surface area contributed by atoms with Gasteiger partial charge in [-0.25, -0.2) is 14.2 Å². The van der Waals surface area contributed by atoms with Crippen LogP contribution in [-0.2, 0) is 4.74 Å². The molecule has 0 saturated carbocycles. The molecular weight excluding hydrogens is 427 g/mol. The number of rotatable bonds is 8. The van der Waals surface area contributed by atoms with Crippen LogP contribution in [0.1, 0.15) is 62.7 Å². The van der Waals surface area contributed by atoms with Gasteiger partial charge in [0.2, 0.25) is 0 Å². The molecule has 2 rings (SSSR count). The van der Waals surface area contributed by atoms with Crippen molar-refractivity contribution in [2.45, 2.75) is 72.6 Å². The van der Waals surface area contributed by atoms with Crippen LogP contribution in [0.3, 0.4) is 0 Å². The Bertz CT molecular complexity index is 1020. The summed E-state index contributed by atoms with van der Waals surface area (Å²) in [5.74, 6) is -1.54. The fraction of sp³-hybridized carbons (Fsp3) is 0.478. The summed E-state index contributed by atoms with van der Waals surface area (Å²) in [6, 6.07) is 2.11. The van der Waals surface area contributed by atoms with Crippen molar-refractivity contribution in [2.24, 2.45) is 5.73 Å². The van der Waals surface area contributed by atoms with Gasteiger partial charge in [0.15, 0.2) is 11.6 Å². The first kappa shape index (κ1) is 25.8. The maximum atomic E-state index is 14.8. The summed E-state index contributed by atoms with van der Waals surface area (Å²) < 4.78 is 20.1. The maximum Gasteiger partial charge on any atom is 0.407 e. The lowest BCUT2D eigenvalue weighted by molar-refractivity contribution is 0.0503. The molecular formula is C23H33FN6O3. The van der Waals surface area contributed by atoms with E-state index in [2.05, 4.69) is 25.9 Å². The van der Waals surface area contributed by atoms with Crippen LogP contribution >= 0.6 is 0 Å². The average Bonchev–Trinajstić information content (AvgIpc) is 2.68. The third-order valence-electron chi connectivity index (χ3n) is 4.95. The lowest BCUT2D eigenvalue weighted by Gasteiger charge is -2.27. The maximum absolute atomic E-state index is 14.8. The molecule has 2 aromatic rings. The standard InChI is InChI=1S/C23H33FN6O3/c1-8-18(14(4)27-22(32)33-23(5,6)7)29-21-17(24)10-16(19(25)31)20(30-21)28-15-9-12(2)13(3)26-11-15/h9-11,14,18H,8H2,1-7H3,(H2,25,31)(H,27,32)(H2,28,29,30)/t14-,18+/m0/s1. The molecule has 0 aliphatic carbocycles. The zero-order chi connectivity index (χ0) is 24.9. The highest BCUT2D eigenvalue weighted by Gasteiger charge is 2.24. The smallest absolute Gasteiger partial charge is 0.407 e. The van der Waals surface area contributed by atoms with E-state index in [9.17, 15) is 14.0 Å². The topological polar surface area (TPSA) is 131 Å². The molecule has 0 aliphatic heterocycles. The molecule has 2 aromatic heterocycles. The monoisotopic (exact) mass is 460 g/mol. The number of alkyl carbamates (subject to hydrolysis) is 1. The minimum Gasteiger partial charge on any atom is -0.444 e. The number of amides is 2. The highest BCUT2D eigenvalue weighted by Crippen LogP contribution is 2.25. The Morgan fingerprint density at radius 2 is 1.88 bits per heavy atom. The van der Waals surface area contributed by atoms with E-state index in [-0.39, 0.29) is 23.2 Å². The normalized spacial score (nSPS) is 13.1. The molecule has 0 fully saturated rings. The van der Waals surface area contributed by atoms with Crippen molar-refractivity contribution in [3.8, 4) is 0 Å². The van der Waals surface area contributed by atoms with Crippen molar-refractivity contribution in [2.75, 3.05) is 10.6 Å². The van der Waals surface area contributed by atoms with E-state index in [1.54, 1.807) is 33.9 Å². The minimum absolute atomic E-state index is 0.0796. The molecule has 2 heterocycles. The van der Waals surface area contributed by atoms with Crippen molar-refractivity contribution in [1.82, 2.24) is 15.3 Å². The fourth-order valence-corrected chi connectivity index (χ4v) is 3.07. The van der Waals surface area contributed by atoms with E-state index < -0.39 is 29.5 Å². The van der Waals surface area contributed by atoms with Gasteiger partial charge in [-0.1, -0.05) is 6.92 Å². The molecule has 0 unspecified atom stereocenters. The number of ether oxygens (including phenoxy) is 1. The van der Waals surface area contributed by atoms with Gasteiger partial charge in [-0.2, -0.15) is 0 Å². The molecule has 2 amide bonds. The van der Waals surface area contributed by atoms with E-state index >= 15 is 0 Å². The first-order chi connectivity index (χ1) is 15.3. The number of carbonyl (C=O) groups is 2. The highest BCUT2D eigenvalue weighted by molar-refractivity contribution is 5.98. The molecule has 33 heavy (non-hydrogen) atoms. The molecule has 0 radical (unpaired) electrons. The Balaban J connectivity index is 2.29. The van der Waals surface area contributed by atoms with Crippen molar-refractivity contribution in [1.29, 1.82) is 0 Å². The van der Waals surface area contributed by atoms with Crippen LogP contribution in [0.25, 0.3) is 0 Å². The van der Waals surface area contributed by atoms with Crippen molar-refractivity contribution < 1.29 is 18.7 Å². The van der Waals surface area contributed by atoms with Crippen LogP contribution in [-0.4, -0.2) is 39.7 Å². The molecule has 5 N–H and O–H groups in total. The first-order valence-electron chi connectivity index (χ1n) is 10.8. The molecule has 10 heteroatoms. The number of nitrogens with two attached hydrogens (primary N) is 1. The van der Waals surface area contributed by atoms with E-state index in [1.165, 1.54) is 0 Å². The van der Waals surface area contributed by atoms with Crippen LogP contribution in [0.2, 0.25) is 0 Å². The van der Waals surface area contributed by atoms with Gasteiger partial charge >= 0.3 is 6.09 Å². The van der Waals surface area contributed by atoms with Crippen LogP contribution in [0, 0.1) is 19.7 Å². The Morgan fingerprint density at radius 3 is 2.42 bits per heavy atom. The number of primary amides is 1. The Labute approximate surface area is 193 Å². The number of nitrogens with one attached hydrogen (secondary N) is 3. The lowest BCUT2D eigenvalue weighted by atomic mass is 10.1. The highest BCUT2D eigenvalue weighted by atomic mass is 19.1. The Hall–Kier alpha value is -3.43. The van der Waals surface area contributed by atoms with Gasteiger partial charge in [-0.3, -0.25) is 9.78 Å². The van der Waals surface area contributed by atoms with Crippen molar-refractivity contribution in [3.05, 3.63) is 41.0 Å². The first-order valence-corrected chi connectivity index (χ1v) is 10.8. The fourth-order valence-electron chi connectivity index (χ4n) is 3.07. The number of hydrogen-bond acceptors (Lipinski definition) is 7. The summed E-state index contributed by atoms with van der Waals surface area (Å²) in [5, 5.41) is 8.76. The van der Waals surface area contributed by atoms with Gasteiger partial charge < -0.3 is 26.4 Å². The largest absolute Gasteiger partial charge is 0.444 e. The minimum atomic E-state index is -0.820. The van der Waals surface area contributed by atoms with Gasteiger partial charge in [-0.05, 0) is 65.7 Å². The van der Waals surface area contributed by atoms with Gasteiger partial charge in [0, 0.05) is 17.8 Å². The number of aromatic nitrogens is 2. The van der Waals surface area contributed by atoms with Crippen molar-refractivity contribution >= 4 is 29.3 Å². The number of carbonyl (C=O) groups excluding carboxylic acids is 2. The second-order valence-electron chi connectivity index (χ2n) is 8.92. The van der Waals surface area contributed by atoms with Gasteiger partial charge in [-0.15, -0.1) is 0 Å². The van der Waals surface area contributed by atoms with Crippen LogP contribution < -0.4 is 21.7 Å². The van der Waals surface area contributed by atoms with Gasteiger partial charge in [0.1, 0.15) is 11.4 Å². The summed E-state index contributed by atoms with van der Waals surface area (Å²) in [4.78, 5) is 32.6.